The molecule has 3 N–H and O–H groups in total. The Hall–Kier alpha value is -0.570. The number of amidine groups is 1. The summed E-state index contributed by atoms with van der Waals surface area (Å²) in [6.45, 7) is 4.18. The largest absolute Gasteiger partial charge is 0.312 e. The van der Waals surface area contributed by atoms with E-state index in [1.54, 1.807) is 0 Å². The first-order valence-corrected chi connectivity index (χ1v) is 5.69. The first-order chi connectivity index (χ1) is 6.65. The molecule has 14 heavy (non-hydrogen) atoms. The Morgan fingerprint density at radius 3 is 2.43 bits per heavy atom. The molecular weight excluding hydrogens is 174 g/mol. The van der Waals surface area contributed by atoms with Crippen LogP contribution in [0.15, 0.2) is 4.99 Å². The summed E-state index contributed by atoms with van der Waals surface area (Å²) in [5.41, 5.74) is 3.48. The first kappa shape index (κ1) is 9.97. The van der Waals surface area contributed by atoms with E-state index in [0.29, 0.717) is 17.4 Å². The smallest absolute Gasteiger partial charge is 0.114 e. The molecule has 0 amide bonds. The van der Waals surface area contributed by atoms with Gasteiger partial charge in [0, 0.05) is 12.0 Å². The predicted octanol–water partition coefficient (Wildman–Crippen LogP) is 1.84. The van der Waals surface area contributed by atoms with Crippen molar-refractivity contribution >= 4 is 5.84 Å². The highest BCUT2D eigenvalue weighted by molar-refractivity contribution is 5.85. The van der Waals surface area contributed by atoms with Crippen molar-refractivity contribution in [2.45, 2.75) is 52.0 Å². The molecule has 2 fully saturated rings. The minimum atomic E-state index is 0.346. The molecule has 1 spiro atoms. The zero-order chi connectivity index (χ0) is 10.2. The molecule has 2 rings (SSSR count). The van der Waals surface area contributed by atoms with Crippen molar-refractivity contribution in [3.63, 3.8) is 0 Å². The Balaban J connectivity index is 1.89. The van der Waals surface area contributed by atoms with Gasteiger partial charge in [-0.15, -0.1) is 0 Å². The van der Waals surface area contributed by atoms with Crippen molar-refractivity contribution in [2.24, 2.45) is 22.2 Å². The van der Waals surface area contributed by atoms with Gasteiger partial charge in [0.15, 0.2) is 0 Å². The van der Waals surface area contributed by atoms with Crippen LogP contribution in [-0.2, 0) is 0 Å². The summed E-state index contributed by atoms with van der Waals surface area (Å²) in [6, 6.07) is 0.346. The van der Waals surface area contributed by atoms with Crippen LogP contribution in [0.2, 0.25) is 0 Å². The number of rotatable bonds is 2. The highest BCUT2D eigenvalue weighted by Crippen LogP contribution is 2.58. The summed E-state index contributed by atoms with van der Waals surface area (Å²) in [4.78, 5) is 4.52. The Morgan fingerprint density at radius 2 is 2.07 bits per heavy atom. The lowest BCUT2D eigenvalue weighted by molar-refractivity contribution is 0.00227. The van der Waals surface area contributed by atoms with E-state index in [0.717, 1.165) is 5.84 Å². The third-order valence-corrected chi connectivity index (χ3v) is 3.70. The minimum absolute atomic E-state index is 0.346. The average molecular weight is 195 g/mol. The van der Waals surface area contributed by atoms with Gasteiger partial charge < -0.3 is 5.43 Å². The molecule has 0 atom stereocenters. The van der Waals surface area contributed by atoms with Crippen LogP contribution >= 0.6 is 0 Å². The lowest BCUT2D eigenvalue weighted by Crippen LogP contribution is -2.50. The molecule has 0 aromatic carbocycles. The van der Waals surface area contributed by atoms with Gasteiger partial charge in [-0.2, -0.15) is 0 Å². The number of nitrogens with one attached hydrogen (secondary N) is 1. The second-order valence-electron chi connectivity index (χ2n) is 5.21. The van der Waals surface area contributed by atoms with Crippen molar-refractivity contribution in [1.29, 1.82) is 0 Å². The first-order valence-electron chi connectivity index (χ1n) is 5.69. The van der Waals surface area contributed by atoms with Gasteiger partial charge in [-0.3, -0.25) is 4.99 Å². The summed E-state index contributed by atoms with van der Waals surface area (Å²) in [6.07, 6.45) is 6.91. The fourth-order valence-corrected chi connectivity index (χ4v) is 2.80. The normalized spacial score (nSPS) is 26.1. The average Bonchev–Trinajstić information content (AvgIpc) is 1.96. The fourth-order valence-electron chi connectivity index (χ4n) is 2.80. The molecule has 0 aliphatic heterocycles. The highest BCUT2D eigenvalue weighted by Gasteiger charge is 2.49. The van der Waals surface area contributed by atoms with Crippen LogP contribution in [0.5, 0.6) is 0 Å². The van der Waals surface area contributed by atoms with E-state index in [9.17, 15) is 0 Å². The van der Waals surface area contributed by atoms with Crippen LogP contribution < -0.4 is 11.3 Å². The van der Waals surface area contributed by atoms with Gasteiger partial charge in [-0.05, 0) is 44.9 Å². The molecule has 0 bridgehead atoms. The van der Waals surface area contributed by atoms with Crippen LogP contribution in [-0.4, -0.2) is 11.9 Å². The van der Waals surface area contributed by atoms with Crippen molar-refractivity contribution < 1.29 is 0 Å². The quantitative estimate of drug-likeness (QED) is 0.306. The van der Waals surface area contributed by atoms with Crippen LogP contribution in [0.4, 0.5) is 0 Å². The van der Waals surface area contributed by atoms with E-state index >= 15 is 0 Å². The molecule has 0 radical (unpaired) electrons. The molecule has 0 heterocycles. The highest BCUT2D eigenvalue weighted by atomic mass is 15.3. The van der Waals surface area contributed by atoms with Gasteiger partial charge in [-0.25, -0.2) is 5.84 Å². The lowest BCUT2D eigenvalue weighted by Gasteiger charge is -2.54. The molecule has 3 nitrogen and oxygen atoms in total. The van der Waals surface area contributed by atoms with E-state index in [1.807, 2.05) is 0 Å². The lowest BCUT2D eigenvalue weighted by atomic mass is 9.51. The van der Waals surface area contributed by atoms with Crippen LogP contribution in [0.1, 0.15) is 46.0 Å². The maximum absolute atomic E-state index is 5.50. The number of aliphatic imine (C=N–C) groups is 1. The Bertz CT molecular complexity index is 233. The Labute approximate surface area is 86.1 Å². The number of hydrazine groups is 1. The number of hydrogen-bond acceptors (Lipinski definition) is 2. The van der Waals surface area contributed by atoms with Crippen molar-refractivity contribution in [1.82, 2.24) is 5.43 Å². The molecular formula is C11H21N3. The van der Waals surface area contributed by atoms with Gasteiger partial charge in [0.1, 0.15) is 5.84 Å². The predicted molar refractivity (Wildman–Crippen MR) is 58.9 cm³/mol. The van der Waals surface area contributed by atoms with Gasteiger partial charge >= 0.3 is 0 Å². The van der Waals surface area contributed by atoms with Crippen LogP contribution in [0.3, 0.4) is 0 Å². The van der Waals surface area contributed by atoms with Gasteiger partial charge in [0.05, 0.1) is 0 Å². The topological polar surface area (TPSA) is 50.4 Å². The summed E-state index contributed by atoms with van der Waals surface area (Å²) in [5, 5.41) is 0. The van der Waals surface area contributed by atoms with Gasteiger partial charge in [0.25, 0.3) is 0 Å². The molecule has 0 saturated heterocycles. The second kappa shape index (κ2) is 3.54. The second-order valence-corrected chi connectivity index (χ2v) is 5.21. The number of nitrogens with zero attached hydrogens (tertiary/aromatic N) is 1. The van der Waals surface area contributed by atoms with E-state index < -0.39 is 0 Å². The van der Waals surface area contributed by atoms with Crippen molar-refractivity contribution in [3.8, 4) is 0 Å². The van der Waals surface area contributed by atoms with E-state index in [2.05, 4.69) is 24.3 Å². The van der Waals surface area contributed by atoms with E-state index in [1.165, 1.54) is 32.1 Å². The zero-order valence-electron chi connectivity index (χ0n) is 9.21. The molecule has 0 aromatic rings. The molecule has 3 heteroatoms. The maximum atomic E-state index is 5.50. The third-order valence-electron chi connectivity index (χ3n) is 3.70. The molecule has 2 saturated carbocycles. The summed E-state index contributed by atoms with van der Waals surface area (Å²) in [5.74, 6) is 7.14. The Morgan fingerprint density at radius 1 is 1.43 bits per heavy atom. The van der Waals surface area contributed by atoms with Crippen LogP contribution in [0, 0.1) is 11.3 Å². The summed E-state index contributed by atoms with van der Waals surface area (Å²) < 4.78 is 0. The SMILES string of the molecule is CC(C)N=C(NN)C1CC2(CCC2)C1. The van der Waals surface area contributed by atoms with Gasteiger partial charge in [0.2, 0.25) is 0 Å². The zero-order valence-corrected chi connectivity index (χ0v) is 9.21. The van der Waals surface area contributed by atoms with E-state index in [-0.39, 0.29) is 0 Å². The van der Waals surface area contributed by atoms with E-state index in [4.69, 9.17) is 5.84 Å². The van der Waals surface area contributed by atoms with Crippen LogP contribution in [0.25, 0.3) is 0 Å². The van der Waals surface area contributed by atoms with Crippen molar-refractivity contribution in [3.05, 3.63) is 0 Å². The standard InChI is InChI=1S/C11H21N3/c1-8(2)13-10(14-12)9-6-11(7-9)4-3-5-11/h8-9H,3-7,12H2,1-2H3,(H,13,14). The summed E-state index contributed by atoms with van der Waals surface area (Å²) >= 11 is 0. The maximum Gasteiger partial charge on any atom is 0.114 e. The van der Waals surface area contributed by atoms with Crippen molar-refractivity contribution in [2.75, 3.05) is 0 Å². The fraction of sp³-hybridized carbons (Fsp3) is 0.909. The van der Waals surface area contributed by atoms with Gasteiger partial charge in [-0.1, -0.05) is 6.42 Å². The number of nitrogens with two attached hydrogens (primary N) is 1. The third kappa shape index (κ3) is 1.65. The molecule has 0 unspecified atom stereocenters. The minimum Gasteiger partial charge on any atom is -0.312 e. The molecule has 2 aliphatic carbocycles. The summed E-state index contributed by atoms with van der Waals surface area (Å²) in [7, 11) is 0. The number of hydrogen-bond donors (Lipinski definition) is 2. The molecule has 80 valence electrons. The Kier molecular flexibility index (Phi) is 2.52. The monoisotopic (exact) mass is 195 g/mol. The molecule has 2 aliphatic rings. The molecule has 0 aromatic heterocycles.